The van der Waals surface area contributed by atoms with E-state index in [2.05, 4.69) is 62.5 Å². The fraction of sp³-hybridized carbons (Fsp3) is 0.791. The van der Waals surface area contributed by atoms with Crippen molar-refractivity contribution in [2.45, 2.75) is 193 Å². The van der Waals surface area contributed by atoms with Crippen molar-refractivity contribution in [3.05, 3.63) is 48.6 Å². The maximum Gasteiger partial charge on any atom is 0.409 e. The van der Waals surface area contributed by atoms with Crippen molar-refractivity contribution in [3.8, 4) is 0 Å². The zero-order chi connectivity index (χ0) is 36.8. The topological polar surface area (TPSA) is 72.9 Å². The molecule has 7 heteroatoms. The van der Waals surface area contributed by atoms with Crippen molar-refractivity contribution in [2.75, 3.05) is 26.5 Å². The Balaban J connectivity index is 4.28. The fourth-order valence-corrected chi connectivity index (χ4v) is 6.24. The largest absolute Gasteiger partial charge is 0.446 e. The Kier molecular flexibility index (Phi) is 35.5. The van der Waals surface area contributed by atoms with Gasteiger partial charge in [0, 0.05) is 13.6 Å². The number of allylic oxidation sites excluding steroid dienone is 8. The normalized spacial score (nSPS) is 13.0. The van der Waals surface area contributed by atoms with Crippen LogP contribution in [0.15, 0.2) is 48.6 Å². The summed E-state index contributed by atoms with van der Waals surface area (Å²) < 4.78 is 33.2. The Morgan fingerprint density at radius 2 is 0.940 bits per heavy atom. The van der Waals surface area contributed by atoms with Gasteiger partial charge in [-0.1, -0.05) is 140 Å². The van der Waals surface area contributed by atoms with Gasteiger partial charge in [0.1, 0.15) is 6.10 Å². The van der Waals surface area contributed by atoms with Gasteiger partial charge < -0.3 is 9.64 Å². The van der Waals surface area contributed by atoms with E-state index in [0.29, 0.717) is 13.0 Å². The van der Waals surface area contributed by atoms with Crippen LogP contribution < -0.4 is 0 Å². The molecule has 0 aromatic rings. The molecule has 0 aliphatic heterocycles. The highest BCUT2D eigenvalue weighted by molar-refractivity contribution is 7.85. The van der Waals surface area contributed by atoms with Crippen molar-refractivity contribution in [1.82, 2.24) is 4.90 Å². The van der Waals surface area contributed by atoms with Crippen molar-refractivity contribution in [1.29, 1.82) is 0 Å². The van der Waals surface area contributed by atoms with E-state index in [1.165, 1.54) is 133 Å². The molecule has 0 rings (SSSR count). The van der Waals surface area contributed by atoms with Crippen LogP contribution in [0.2, 0.25) is 0 Å². The molecule has 0 bridgehead atoms. The van der Waals surface area contributed by atoms with E-state index >= 15 is 0 Å². The van der Waals surface area contributed by atoms with E-state index < -0.39 is 10.1 Å². The van der Waals surface area contributed by atoms with Gasteiger partial charge in [0.15, 0.2) is 0 Å². The van der Waals surface area contributed by atoms with Crippen LogP contribution in [0.1, 0.15) is 187 Å². The van der Waals surface area contributed by atoms with Gasteiger partial charge in [0.25, 0.3) is 10.1 Å². The number of carbonyl (C=O) groups excluding carboxylic acids is 1. The molecule has 1 atom stereocenters. The van der Waals surface area contributed by atoms with Gasteiger partial charge in [0.05, 0.1) is 12.9 Å². The average Bonchev–Trinajstić information content (AvgIpc) is 3.09. The lowest BCUT2D eigenvalue weighted by Gasteiger charge is -2.23. The van der Waals surface area contributed by atoms with Crippen LogP contribution in [0.25, 0.3) is 0 Å². The number of hydrogen-bond donors (Lipinski definition) is 0. The molecule has 0 radical (unpaired) electrons. The number of nitrogens with zero attached hydrogens (tertiary/aromatic N) is 1. The zero-order valence-electron chi connectivity index (χ0n) is 33.1. The van der Waals surface area contributed by atoms with Crippen LogP contribution in [-0.4, -0.2) is 52.0 Å². The second-order valence-corrected chi connectivity index (χ2v) is 15.7. The van der Waals surface area contributed by atoms with Gasteiger partial charge in [-0.25, -0.2) is 4.79 Å². The maximum atomic E-state index is 12.8. The van der Waals surface area contributed by atoms with Crippen LogP contribution in [-0.2, 0) is 19.0 Å². The van der Waals surface area contributed by atoms with Crippen molar-refractivity contribution >= 4 is 16.2 Å². The smallest absolute Gasteiger partial charge is 0.409 e. The summed E-state index contributed by atoms with van der Waals surface area (Å²) in [6, 6.07) is 0. The quantitative estimate of drug-likeness (QED) is 0.0366. The second kappa shape index (κ2) is 36.9. The summed E-state index contributed by atoms with van der Waals surface area (Å²) in [4.78, 5) is 14.4. The summed E-state index contributed by atoms with van der Waals surface area (Å²) in [6.45, 7) is 4.96. The summed E-state index contributed by atoms with van der Waals surface area (Å²) >= 11 is 0. The SMILES string of the molecule is CCCCC/C=C\CC=CCCCCCCCCC(CCCCCCCC/C=C\C/C=C\CCCCC)OC(=O)N(C)CCCOS(C)(=O)=O. The summed E-state index contributed by atoms with van der Waals surface area (Å²) in [5.41, 5.74) is 0. The highest BCUT2D eigenvalue weighted by Gasteiger charge is 2.17. The number of amides is 1. The molecule has 0 aliphatic rings. The van der Waals surface area contributed by atoms with Gasteiger partial charge in [-0.3, -0.25) is 4.18 Å². The van der Waals surface area contributed by atoms with Crippen LogP contribution >= 0.6 is 0 Å². The van der Waals surface area contributed by atoms with E-state index in [9.17, 15) is 13.2 Å². The van der Waals surface area contributed by atoms with E-state index in [0.717, 1.165) is 44.8 Å². The molecule has 0 N–H and O–H groups in total. The van der Waals surface area contributed by atoms with Crippen molar-refractivity contribution in [3.63, 3.8) is 0 Å². The zero-order valence-corrected chi connectivity index (χ0v) is 33.9. The first-order chi connectivity index (χ1) is 24.3. The number of unbranched alkanes of at least 4 members (excludes halogenated alkanes) is 18. The molecule has 6 nitrogen and oxygen atoms in total. The van der Waals surface area contributed by atoms with Gasteiger partial charge in [-0.15, -0.1) is 0 Å². The number of rotatable bonds is 36. The average molecular weight is 722 g/mol. The molecule has 0 saturated heterocycles. The first kappa shape index (κ1) is 48.1. The molecular weight excluding hydrogens is 643 g/mol. The first-order valence-electron chi connectivity index (χ1n) is 20.7. The van der Waals surface area contributed by atoms with Crippen molar-refractivity contribution in [2.24, 2.45) is 0 Å². The standard InChI is InChI=1S/C43H79NO5S/c1-5-7-9-11-13-15-17-19-21-23-25-27-29-31-33-35-38-42(49-43(45)44(3)40-37-41-48-50(4,46)47)39-36-34-32-30-28-26-24-22-20-18-16-14-12-10-8-6-2/h13-16,19-22,42H,5-12,17-18,23-41H2,1-4H3/b15-13-,16-14-,21-19-,22-20?. The summed E-state index contributed by atoms with van der Waals surface area (Å²) in [6.07, 6.45) is 50.7. The Morgan fingerprint density at radius 3 is 1.34 bits per heavy atom. The minimum absolute atomic E-state index is 0.0612. The van der Waals surface area contributed by atoms with E-state index in [-0.39, 0.29) is 18.8 Å². The Labute approximate surface area is 310 Å². The number of ether oxygens (including phenoxy) is 1. The summed E-state index contributed by atoms with van der Waals surface area (Å²) in [7, 11) is -1.76. The van der Waals surface area contributed by atoms with Crippen LogP contribution in [0.4, 0.5) is 4.79 Å². The molecule has 0 heterocycles. The Morgan fingerprint density at radius 1 is 0.560 bits per heavy atom. The second-order valence-electron chi connectivity index (χ2n) is 14.1. The molecule has 0 saturated carbocycles. The van der Waals surface area contributed by atoms with Crippen LogP contribution in [0.5, 0.6) is 0 Å². The Bertz CT molecular complexity index is 924. The summed E-state index contributed by atoms with van der Waals surface area (Å²) in [5, 5.41) is 0. The number of carbonyl (C=O) groups is 1. The predicted molar refractivity (Wildman–Crippen MR) is 216 cm³/mol. The molecule has 1 unspecified atom stereocenters. The molecule has 0 fully saturated rings. The van der Waals surface area contributed by atoms with Gasteiger partial charge >= 0.3 is 6.09 Å². The lowest BCUT2D eigenvalue weighted by molar-refractivity contribution is 0.0574. The van der Waals surface area contributed by atoms with Gasteiger partial charge in [-0.2, -0.15) is 8.42 Å². The maximum absolute atomic E-state index is 12.8. The van der Waals surface area contributed by atoms with Gasteiger partial charge in [-0.05, 0) is 96.3 Å². The van der Waals surface area contributed by atoms with E-state index in [1.807, 2.05) is 0 Å². The molecule has 1 amide bonds. The minimum atomic E-state index is -3.47. The first-order valence-corrected chi connectivity index (χ1v) is 22.5. The fourth-order valence-electron chi connectivity index (χ4n) is 5.82. The predicted octanol–water partition coefficient (Wildman–Crippen LogP) is 13.2. The van der Waals surface area contributed by atoms with Crippen LogP contribution in [0, 0.1) is 0 Å². The highest BCUT2D eigenvalue weighted by atomic mass is 32.2. The molecule has 0 aliphatic carbocycles. The minimum Gasteiger partial charge on any atom is -0.446 e. The lowest BCUT2D eigenvalue weighted by atomic mass is 10.0. The third kappa shape index (κ3) is 37.4. The van der Waals surface area contributed by atoms with E-state index in [4.69, 9.17) is 8.92 Å². The molecule has 50 heavy (non-hydrogen) atoms. The lowest BCUT2D eigenvalue weighted by Crippen LogP contribution is -2.32. The highest BCUT2D eigenvalue weighted by Crippen LogP contribution is 2.18. The van der Waals surface area contributed by atoms with Gasteiger partial charge in [0.2, 0.25) is 0 Å². The van der Waals surface area contributed by atoms with E-state index in [1.54, 1.807) is 7.05 Å². The summed E-state index contributed by atoms with van der Waals surface area (Å²) in [5.74, 6) is 0. The van der Waals surface area contributed by atoms with Crippen LogP contribution in [0.3, 0.4) is 0 Å². The molecular formula is C43H79NO5S. The molecule has 292 valence electrons. The number of hydrogen-bond acceptors (Lipinski definition) is 5. The Hall–Kier alpha value is -1.86. The molecule has 0 aromatic heterocycles. The monoisotopic (exact) mass is 722 g/mol. The molecule has 0 spiro atoms. The molecule has 0 aromatic carbocycles. The van der Waals surface area contributed by atoms with Crippen molar-refractivity contribution < 1.29 is 22.1 Å². The third-order valence-corrected chi connectivity index (χ3v) is 9.56. The third-order valence-electron chi connectivity index (χ3n) is 8.97.